The van der Waals surface area contributed by atoms with Gasteiger partial charge in [0.1, 0.15) is 0 Å². The predicted octanol–water partition coefficient (Wildman–Crippen LogP) is 0.123. The third-order valence-corrected chi connectivity index (χ3v) is 3.99. The second-order valence-corrected chi connectivity index (χ2v) is 5.14. The Kier molecular flexibility index (Phi) is 5.75. The average Bonchev–Trinajstić information content (AvgIpc) is 2.44. The van der Waals surface area contributed by atoms with Crippen molar-refractivity contribution in [2.24, 2.45) is 5.73 Å². The molecule has 1 aliphatic rings. The molecule has 0 aromatic carbocycles. The highest BCUT2D eigenvalue weighted by molar-refractivity contribution is 5.86. The zero-order chi connectivity index (χ0) is 14.5. The third-order valence-electron chi connectivity index (χ3n) is 3.99. The minimum atomic E-state index is -0.781. The zero-order valence-corrected chi connectivity index (χ0v) is 11.9. The second kappa shape index (κ2) is 6.86. The summed E-state index contributed by atoms with van der Waals surface area (Å²) in [5, 5.41) is 8.65. The van der Waals surface area contributed by atoms with Crippen LogP contribution in [-0.2, 0) is 9.59 Å². The van der Waals surface area contributed by atoms with E-state index in [1.54, 1.807) is 0 Å². The first kappa shape index (κ1) is 15.9. The number of piperazine rings is 1. The Bertz CT molecular complexity index is 321. The van der Waals surface area contributed by atoms with Gasteiger partial charge in [-0.3, -0.25) is 14.5 Å². The van der Waals surface area contributed by atoms with E-state index in [-0.39, 0.29) is 12.3 Å². The number of carbonyl (C=O) groups is 2. The van der Waals surface area contributed by atoms with Crippen molar-refractivity contribution in [1.29, 1.82) is 0 Å². The van der Waals surface area contributed by atoms with Gasteiger partial charge in [-0.15, -0.1) is 0 Å². The quantitative estimate of drug-likeness (QED) is 0.716. The first-order valence-electron chi connectivity index (χ1n) is 6.95. The van der Waals surface area contributed by atoms with Gasteiger partial charge in [0.25, 0.3) is 0 Å². The maximum atomic E-state index is 12.3. The molecule has 1 heterocycles. The Hall–Kier alpha value is -1.14. The number of rotatable bonds is 6. The van der Waals surface area contributed by atoms with Crippen LogP contribution in [0.3, 0.4) is 0 Å². The fourth-order valence-electron chi connectivity index (χ4n) is 2.30. The molecule has 3 N–H and O–H groups in total. The Morgan fingerprint density at radius 1 is 1.16 bits per heavy atom. The minimum absolute atomic E-state index is 0.0235. The summed E-state index contributed by atoms with van der Waals surface area (Å²) in [5.74, 6) is -0.758. The van der Waals surface area contributed by atoms with Crippen LogP contribution < -0.4 is 5.73 Å². The SMILES string of the molecule is CCC(N)(CC)C(=O)N1CCN(CCC(=O)O)CC1. The highest BCUT2D eigenvalue weighted by Gasteiger charge is 2.35. The summed E-state index contributed by atoms with van der Waals surface area (Å²) in [6.45, 7) is 7.14. The molecular weight excluding hydrogens is 246 g/mol. The van der Waals surface area contributed by atoms with Gasteiger partial charge >= 0.3 is 5.97 Å². The lowest BCUT2D eigenvalue weighted by Crippen LogP contribution is -2.59. The number of aliphatic carboxylic acids is 1. The van der Waals surface area contributed by atoms with Gasteiger partial charge in [-0.1, -0.05) is 13.8 Å². The van der Waals surface area contributed by atoms with Crippen LogP contribution in [0.15, 0.2) is 0 Å². The zero-order valence-electron chi connectivity index (χ0n) is 11.9. The van der Waals surface area contributed by atoms with Gasteiger partial charge in [-0.2, -0.15) is 0 Å². The second-order valence-electron chi connectivity index (χ2n) is 5.14. The van der Waals surface area contributed by atoms with E-state index in [1.165, 1.54) is 0 Å². The lowest BCUT2D eigenvalue weighted by Gasteiger charge is -2.39. The lowest BCUT2D eigenvalue weighted by atomic mass is 9.92. The van der Waals surface area contributed by atoms with Crippen molar-refractivity contribution in [1.82, 2.24) is 9.80 Å². The van der Waals surface area contributed by atoms with Crippen LogP contribution in [0.5, 0.6) is 0 Å². The van der Waals surface area contributed by atoms with Crippen LogP contribution in [0.25, 0.3) is 0 Å². The number of carboxylic acids is 1. The molecule has 0 aliphatic carbocycles. The largest absolute Gasteiger partial charge is 0.481 e. The van der Waals surface area contributed by atoms with Crippen LogP contribution >= 0.6 is 0 Å². The van der Waals surface area contributed by atoms with E-state index in [2.05, 4.69) is 4.90 Å². The molecule has 0 atom stereocenters. The fraction of sp³-hybridized carbons (Fsp3) is 0.846. The van der Waals surface area contributed by atoms with Crippen molar-refractivity contribution in [3.63, 3.8) is 0 Å². The maximum Gasteiger partial charge on any atom is 0.304 e. The van der Waals surface area contributed by atoms with E-state index in [9.17, 15) is 9.59 Å². The summed E-state index contributed by atoms with van der Waals surface area (Å²) >= 11 is 0. The minimum Gasteiger partial charge on any atom is -0.481 e. The first-order chi connectivity index (χ1) is 8.92. The normalized spacial score (nSPS) is 17.5. The number of hydrogen-bond donors (Lipinski definition) is 2. The summed E-state index contributed by atoms with van der Waals surface area (Å²) in [7, 11) is 0. The maximum absolute atomic E-state index is 12.3. The van der Waals surface area contributed by atoms with Gasteiger partial charge in [0.15, 0.2) is 0 Å². The number of carbonyl (C=O) groups excluding carboxylic acids is 1. The molecule has 0 bridgehead atoms. The molecule has 6 heteroatoms. The van der Waals surface area contributed by atoms with Gasteiger partial charge in [0.05, 0.1) is 12.0 Å². The molecule has 6 nitrogen and oxygen atoms in total. The standard InChI is InChI=1S/C13H25N3O3/c1-3-13(14,4-2)12(19)16-9-7-15(8-10-16)6-5-11(17)18/h3-10,14H2,1-2H3,(H,17,18). The number of nitrogens with two attached hydrogens (primary N) is 1. The third kappa shape index (κ3) is 4.18. The first-order valence-corrected chi connectivity index (χ1v) is 6.95. The number of carboxylic acid groups (broad SMARTS) is 1. The van der Waals surface area contributed by atoms with Crippen LogP contribution in [0.4, 0.5) is 0 Å². The molecule has 0 unspecified atom stereocenters. The van der Waals surface area contributed by atoms with Crippen molar-refractivity contribution in [3.05, 3.63) is 0 Å². The topological polar surface area (TPSA) is 86.9 Å². The van der Waals surface area contributed by atoms with E-state index in [0.717, 1.165) is 13.1 Å². The van der Waals surface area contributed by atoms with Crippen molar-refractivity contribution in [2.45, 2.75) is 38.6 Å². The van der Waals surface area contributed by atoms with Gasteiger partial charge in [0.2, 0.25) is 5.91 Å². The van der Waals surface area contributed by atoms with Crippen molar-refractivity contribution < 1.29 is 14.7 Å². The monoisotopic (exact) mass is 271 g/mol. The molecule has 1 aliphatic heterocycles. The fourth-order valence-corrected chi connectivity index (χ4v) is 2.30. The molecule has 0 saturated carbocycles. The number of amides is 1. The molecule has 19 heavy (non-hydrogen) atoms. The number of hydrogen-bond acceptors (Lipinski definition) is 4. The molecule has 1 amide bonds. The molecule has 0 aromatic rings. The Balaban J connectivity index is 2.45. The van der Waals surface area contributed by atoms with E-state index < -0.39 is 11.5 Å². The molecule has 1 saturated heterocycles. The van der Waals surface area contributed by atoms with E-state index in [1.807, 2.05) is 18.7 Å². The molecule has 0 radical (unpaired) electrons. The van der Waals surface area contributed by atoms with Gasteiger partial charge in [0, 0.05) is 32.7 Å². The summed E-state index contributed by atoms with van der Waals surface area (Å²) in [6, 6.07) is 0. The van der Waals surface area contributed by atoms with Crippen LogP contribution in [-0.4, -0.2) is 65.0 Å². The van der Waals surface area contributed by atoms with Crippen molar-refractivity contribution in [2.75, 3.05) is 32.7 Å². The molecule has 0 spiro atoms. The van der Waals surface area contributed by atoms with E-state index in [0.29, 0.717) is 32.5 Å². The molecular formula is C13H25N3O3. The van der Waals surface area contributed by atoms with E-state index >= 15 is 0 Å². The summed E-state index contributed by atoms with van der Waals surface area (Å²) in [4.78, 5) is 26.7. The highest BCUT2D eigenvalue weighted by atomic mass is 16.4. The Morgan fingerprint density at radius 3 is 2.11 bits per heavy atom. The van der Waals surface area contributed by atoms with Crippen LogP contribution in [0.1, 0.15) is 33.1 Å². The highest BCUT2D eigenvalue weighted by Crippen LogP contribution is 2.16. The smallest absolute Gasteiger partial charge is 0.304 e. The molecule has 110 valence electrons. The Morgan fingerprint density at radius 2 is 1.68 bits per heavy atom. The number of nitrogens with zero attached hydrogens (tertiary/aromatic N) is 2. The molecule has 1 fully saturated rings. The molecule has 1 rings (SSSR count). The molecule has 0 aromatic heterocycles. The summed E-state index contributed by atoms with van der Waals surface area (Å²) in [6.07, 6.45) is 1.43. The van der Waals surface area contributed by atoms with Gasteiger partial charge in [-0.25, -0.2) is 0 Å². The Labute approximate surface area is 114 Å². The van der Waals surface area contributed by atoms with Gasteiger partial charge in [-0.05, 0) is 12.8 Å². The van der Waals surface area contributed by atoms with Crippen molar-refractivity contribution in [3.8, 4) is 0 Å². The van der Waals surface area contributed by atoms with Gasteiger partial charge < -0.3 is 15.7 Å². The lowest BCUT2D eigenvalue weighted by molar-refractivity contribution is -0.140. The van der Waals surface area contributed by atoms with Crippen molar-refractivity contribution >= 4 is 11.9 Å². The summed E-state index contributed by atoms with van der Waals surface area (Å²) < 4.78 is 0. The van der Waals surface area contributed by atoms with Crippen LogP contribution in [0, 0.1) is 0 Å². The predicted molar refractivity (Wildman–Crippen MR) is 72.8 cm³/mol. The average molecular weight is 271 g/mol. The van der Waals surface area contributed by atoms with Crippen LogP contribution in [0.2, 0.25) is 0 Å². The summed E-state index contributed by atoms with van der Waals surface area (Å²) in [5.41, 5.74) is 5.37. The van der Waals surface area contributed by atoms with E-state index in [4.69, 9.17) is 10.8 Å².